The maximum Gasteiger partial charge on any atom is 0.469 e. The minimum absolute atomic E-state index is 0.0339. The molecule has 0 N–H and O–H groups in total. The molecule has 0 bridgehead atoms. The van der Waals surface area contributed by atoms with Gasteiger partial charge in [0.1, 0.15) is 6.10 Å². The van der Waals surface area contributed by atoms with Crippen molar-refractivity contribution in [3.8, 4) is 0 Å². The summed E-state index contributed by atoms with van der Waals surface area (Å²) in [5, 5.41) is 0. The number of alkyl halides is 8. The van der Waals surface area contributed by atoms with Crippen LogP contribution < -0.4 is 0 Å². The van der Waals surface area contributed by atoms with E-state index in [2.05, 4.69) is 4.74 Å². The summed E-state index contributed by atoms with van der Waals surface area (Å²) >= 11 is 0. The van der Waals surface area contributed by atoms with Crippen molar-refractivity contribution in [1.29, 1.82) is 0 Å². The highest BCUT2D eigenvalue weighted by molar-refractivity contribution is 5.91. The third-order valence-electron chi connectivity index (χ3n) is 3.61. The molecule has 1 atom stereocenters. The van der Waals surface area contributed by atoms with Crippen molar-refractivity contribution >= 4 is 11.9 Å². The number of carbonyl (C=O) groups is 2. The average molecular weight is 412 g/mol. The predicted octanol–water partition coefficient (Wildman–Crippen LogP) is 4.48. The van der Waals surface area contributed by atoms with Gasteiger partial charge in [0, 0.05) is 12.2 Å². The van der Waals surface area contributed by atoms with E-state index >= 15 is 0 Å². The SMILES string of the molecule is O=C(/C=C/C(=O)OC(F)(F)C(F)(F)C(F)CC(F)(F)F)OC1CCCCC1. The van der Waals surface area contributed by atoms with E-state index in [1.165, 1.54) is 0 Å². The molecule has 1 aliphatic rings. The second-order valence-corrected chi connectivity index (χ2v) is 5.88. The lowest BCUT2D eigenvalue weighted by Gasteiger charge is -2.28. The van der Waals surface area contributed by atoms with Gasteiger partial charge in [0.25, 0.3) is 0 Å². The molecule has 1 fully saturated rings. The van der Waals surface area contributed by atoms with Crippen LogP contribution in [-0.2, 0) is 19.1 Å². The van der Waals surface area contributed by atoms with Crippen LogP contribution in [0.15, 0.2) is 12.2 Å². The molecule has 4 nitrogen and oxygen atoms in total. The summed E-state index contributed by atoms with van der Waals surface area (Å²) in [5.41, 5.74) is 0. The van der Waals surface area contributed by atoms with Crippen molar-refractivity contribution in [3.05, 3.63) is 12.2 Å². The first kappa shape index (κ1) is 23.2. The number of rotatable bonds is 7. The Balaban J connectivity index is 2.62. The van der Waals surface area contributed by atoms with E-state index in [1.807, 2.05) is 0 Å². The van der Waals surface area contributed by atoms with E-state index < -0.39 is 48.8 Å². The van der Waals surface area contributed by atoms with Gasteiger partial charge in [-0.2, -0.15) is 30.7 Å². The minimum Gasteiger partial charge on any atom is -0.459 e. The molecule has 156 valence electrons. The van der Waals surface area contributed by atoms with Gasteiger partial charge in [0.2, 0.25) is 0 Å². The van der Waals surface area contributed by atoms with Gasteiger partial charge in [-0.05, 0) is 25.7 Å². The van der Waals surface area contributed by atoms with Crippen molar-refractivity contribution in [3.63, 3.8) is 0 Å². The van der Waals surface area contributed by atoms with Crippen molar-refractivity contribution in [2.24, 2.45) is 0 Å². The Hall–Kier alpha value is -1.88. The molecule has 0 aliphatic heterocycles. The molecule has 0 aromatic rings. The Bertz CT molecular complexity index is 553. The molecule has 0 radical (unpaired) electrons. The van der Waals surface area contributed by atoms with Gasteiger partial charge in [0.05, 0.1) is 6.42 Å². The molecule has 1 rings (SSSR count). The molecular weight excluding hydrogens is 396 g/mol. The Morgan fingerprint density at radius 2 is 1.44 bits per heavy atom. The maximum absolute atomic E-state index is 13.2. The zero-order valence-electron chi connectivity index (χ0n) is 13.7. The third kappa shape index (κ3) is 7.33. The highest BCUT2D eigenvalue weighted by Crippen LogP contribution is 2.43. The fraction of sp³-hybridized carbons (Fsp3) is 0.733. The van der Waals surface area contributed by atoms with Gasteiger partial charge in [0.15, 0.2) is 6.17 Å². The number of hydrogen-bond donors (Lipinski definition) is 0. The van der Waals surface area contributed by atoms with Crippen LogP contribution in [-0.4, -0.2) is 42.4 Å². The number of carbonyl (C=O) groups excluding carboxylic acids is 2. The van der Waals surface area contributed by atoms with E-state index in [4.69, 9.17) is 4.74 Å². The summed E-state index contributed by atoms with van der Waals surface area (Å²) in [6.45, 7) is 0. The van der Waals surface area contributed by atoms with Crippen LogP contribution in [0, 0.1) is 0 Å². The van der Waals surface area contributed by atoms with Crippen molar-refractivity contribution in [2.75, 3.05) is 0 Å². The second kappa shape index (κ2) is 8.87. The molecule has 0 heterocycles. The largest absolute Gasteiger partial charge is 0.469 e. The van der Waals surface area contributed by atoms with E-state index in [0.29, 0.717) is 18.9 Å². The maximum atomic E-state index is 13.2. The zero-order chi connectivity index (χ0) is 20.9. The first-order chi connectivity index (χ1) is 12.2. The van der Waals surface area contributed by atoms with Gasteiger partial charge in [-0.1, -0.05) is 6.42 Å². The first-order valence-electron chi connectivity index (χ1n) is 7.83. The Kier molecular flexibility index (Phi) is 7.61. The summed E-state index contributed by atoms with van der Waals surface area (Å²) in [4.78, 5) is 22.5. The lowest BCUT2D eigenvalue weighted by atomic mass is 9.98. The number of hydrogen-bond acceptors (Lipinski definition) is 4. The van der Waals surface area contributed by atoms with Crippen LogP contribution in [0.1, 0.15) is 38.5 Å². The van der Waals surface area contributed by atoms with Crippen LogP contribution in [0.4, 0.5) is 35.1 Å². The monoisotopic (exact) mass is 412 g/mol. The van der Waals surface area contributed by atoms with E-state index in [-0.39, 0.29) is 6.08 Å². The molecule has 0 amide bonds. The molecule has 27 heavy (non-hydrogen) atoms. The standard InChI is InChI=1S/C15H16F8O4/c16-10(8-13(17,18)19)14(20,21)15(22,23)27-12(25)7-6-11(24)26-9-4-2-1-3-5-9/h6-7,9-10H,1-5,8H2/b7-6+. The van der Waals surface area contributed by atoms with Gasteiger partial charge in [-0.15, -0.1) is 0 Å². The molecular formula is C15H16F8O4. The van der Waals surface area contributed by atoms with E-state index in [1.54, 1.807) is 0 Å². The van der Waals surface area contributed by atoms with Crippen LogP contribution >= 0.6 is 0 Å². The summed E-state index contributed by atoms with van der Waals surface area (Å²) in [6, 6.07) is 0. The fourth-order valence-electron chi connectivity index (χ4n) is 2.26. The van der Waals surface area contributed by atoms with Gasteiger partial charge >= 0.3 is 30.1 Å². The van der Waals surface area contributed by atoms with Gasteiger partial charge in [-0.3, -0.25) is 0 Å². The number of esters is 2. The van der Waals surface area contributed by atoms with Crippen molar-refractivity contribution < 1.29 is 54.2 Å². The third-order valence-corrected chi connectivity index (χ3v) is 3.61. The minimum atomic E-state index is -5.94. The Morgan fingerprint density at radius 1 is 0.926 bits per heavy atom. The highest BCUT2D eigenvalue weighted by Gasteiger charge is 2.66. The number of halogens is 8. The van der Waals surface area contributed by atoms with E-state index in [9.17, 15) is 44.7 Å². The summed E-state index contributed by atoms with van der Waals surface area (Å²) in [5.74, 6) is -9.23. The molecule has 0 aromatic carbocycles. The zero-order valence-corrected chi connectivity index (χ0v) is 13.7. The lowest BCUT2D eigenvalue weighted by molar-refractivity contribution is -0.349. The lowest BCUT2D eigenvalue weighted by Crippen LogP contribution is -2.51. The molecule has 12 heteroatoms. The first-order valence-corrected chi connectivity index (χ1v) is 7.83. The fourth-order valence-corrected chi connectivity index (χ4v) is 2.26. The smallest absolute Gasteiger partial charge is 0.459 e. The van der Waals surface area contributed by atoms with Gasteiger partial charge in [-0.25, -0.2) is 14.0 Å². The highest BCUT2D eigenvalue weighted by atomic mass is 19.4. The predicted molar refractivity (Wildman–Crippen MR) is 73.7 cm³/mol. The van der Waals surface area contributed by atoms with E-state index in [0.717, 1.165) is 19.3 Å². The second-order valence-electron chi connectivity index (χ2n) is 5.88. The normalized spacial score (nSPS) is 18.4. The molecule has 0 spiro atoms. The topological polar surface area (TPSA) is 52.6 Å². The molecule has 0 saturated heterocycles. The molecule has 1 aliphatic carbocycles. The Labute approximate surface area is 148 Å². The van der Waals surface area contributed by atoms with Gasteiger partial charge < -0.3 is 9.47 Å². The number of ether oxygens (including phenoxy) is 2. The Morgan fingerprint density at radius 3 is 1.96 bits per heavy atom. The van der Waals surface area contributed by atoms with Crippen molar-refractivity contribution in [1.82, 2.24) is 0 Å². The summed E-state index contributed by atoms with van der Waals surface area (Å²) in [6.07, 6.45) is -15.0. The van der Waals surface area contributed by atoms with Crippen molar-refractivity contribution in [2.45, 2.75) is 69.0 Å². The summed E-state index contributed by atoms with van der Waals surface area (Å²) < 4.78 is 109. The molecule has 0 aromatic heterocycles. The quantitative estimate of drug-likeness (QED) is 0.352. The summed E-state index contributed by atoms with van der Waals surface area (Å²) in [7, 11) is 0. The average Bonchev–Trinajstić information content (AvgIpc) is 2.51. The molecule has 1 saturated carbocycles. The van der Waals surface area contributed by atoms with Crippen LogP contribution in [0.25, 0.3) is 0 Å². The molecule has 1 unspecified atom stereocenters. The van der Waals surface area contributed by atoms with Crippen LogP contribution in [0.5, 0.6) is 0 Å². The van der Waals surface area contributed by atoms with Crippen LogP contribution in [0.3, 0.4) is 0 Å². The van der Waals surface area contributed by atoms with Crippen LogP contribution in [0.2, 0.25) is 0 Å².